The fourth-order valence-electron chi connectivity index (χ4n) is 3.97. The number of alkyl halides is 3. The highest BCUT2D eigenvalue weighted by Crippen LogP contribution is 2.65. The highest BCUT2D eigenvalue weighted by molar-refractivity contribution is 5.70. The Morgan fingerprint density at radius 3 is 2.50 bits per heavy atom. The third kappa shape index (κ3) is 4.21. The van der Waals surface area contributed by atoms with Gasteiger partial charge in [0.05, 0.1) is 29.6 Å². The van der Waals surface area contributed by atoms with E-state index in [2.05, 4.69) is 15.2 Å². The van der Waals surface area contributed by atoms with E-state index in [4.69, 9.17) is 4.74 Å². The lowest BCUT2D eigenvalue weighted by atomic mass is 9.44. The van der Waals surface area contributed by atoms with Crippen molar-refractivity contribution in [3.63, 3.8) is 0 Å². The molecule has 1 aromatic heterocycles. The molecule has 3 aliphatic rings. The zero-order chi connectivity index (χ0) is 21.0. The summed E-state index contributed by atoms with van der Waals surface area (Å²) in [5, 5.41) is 7.35. The number of halogens is 3. The van der Waals surface area contributed by atoms with Crippen LogP contribution < -0.4 is 10.2 Å². The molecule has 3 saturated carbocycles. The third-order valence-electron chi connectivity index (χ3n) is 5.38. The Kier molecular flexibility index (Phi) is 4.84. The highest BCUT2D eigenvalue weighted by Gasteiger charge is 2.70. The number of ether oxygens (including phenoxy) is 2. The van der Waals surface area contributed by atoms with Gasteiger partial charge in [-0.1, -0.05) is 0 Å². The Morgan fingerprint density at radius 1 is 1.36 bits per heavy atom. The Morgan fingerprint density at radius 2 is 1.96 bits per heavy atom. The van der Waals surface area contributed by atoms with Gasteiger partial charge in [0, 0.05) is 19.3 Å². The summed E-state index contributed by atoms with van der Waals surface area (Å²) in [6.07, 6.45) is 0.699. The fourth-order valence-corrected chi connectivity index (χ4v) is 3.97. The Labute approximate surface area is 162 Å². The van der Waals surface area contributed by atoms with Gasteiger partial charge in [0.2, 0.25) is 0 Å². The van der Waals surface area contributed by atoms with E-state index in [1.807, 2.05) is 31.6 Å². The molecule has 1 N–H and O–H groups in total. The summed E-state index contributed by atoms with van der Waals surface area (Å²) in [6, 6.07) is -0.465. The quantitative estimate of drug-likeness (QED) is 0.787. The van der Waals surface area contributed by atoms with Crippen molar-refractivity contribution in [3.8, 4) is 0 Å². The summed E-state index contributed by atoms with van der Waals surface area (Å²) in [7, 11) is 1.71. The first-order chi connectivity index (χ1) is 12.7. The normalized spacial score (nSPS) is 27.4. The number of aromatic nitrogens is 2. The number of likely N-dealkylation sites (N-methyl/N-ethyl adjacent to an activating group) is 1. The number of hydrogen-bond acceptors (Lipinski definition) is 5. The van der Waals surface area contributed by atoms with E-state index in [0.29, 0.717) is 0 Å². The number of nitrogens with zero attached hydrogens (tertiary/aromatic N) is 3. The summed E-state index contributed by atoms with van der Waals surface area (Å²) < 4.78 is 47.7. The van der Waals surface area contributed by atoms with Gasteiger partial charge in [-0.15, -0.1) is 13.2 Å². The molecule has 7 nitrogen and oxygen atoms in total. The minimum absolute atomic E-state index is 0.139. The molecular formula is C18H27F3N4O3. The molecule has 0 saturated heterocycles. The van der Waals surface area contributed by atoms with Crippen LogP contribution in [0.25, 0.3) is 0 Å². The van der Waals surface area contributed by atoms with Crippen LogP contribution in [0.4, 0.5) is 23.7 Å². The van der Waals surface area contributed by atoms with Crippen LogP contribution in [0.15, 0.2) is 12.4 Å². The molecule has 1 heterocycles. The average molecular weight is 404 g/mol. The lowest BCUT2D eigenvalue weighted by Crippen LogP contribution is -2.79. The maximum Gasteiger partial charge on any atom is 0.522 e. The van der Waals surface area contributed by atoms with Gasteiger partial charge in [-0.3, -0.25) is 9.42 Å². The number of alkyl carbamates (subject to hydrolysis) is 1. The maximum atomic E-state index is 12.2. The first kappa shape index (κ1) is 20.8. The second kappa shape index (κ2) is 6.53. The smallest absolute Gasteiger partial charge is 0.444 e. The standard InChI is InChI=1S/C18H27F3N4O3/c1-12(8-27-18(19,20)21)24(5)13-6-22-25(7-13)17-9-16(10-17,11-17)23-14(26)28-15(2,3)4/h6-7,12H,8-11H2,1-5H3,(H,23,26)/t12-,16?,17?/m1/s1. The molecule has 1 amide bonds. The van der Waals surface area contributed by atoms with Gasteiger partial charge in [0.25, 0.3) is 0 Å². The first-order valence-corrected chi connectivity index (χ1v) is 9.23. The molecule has 2 bridgehead atoms. The number of rotatable bonds is 6. The number of carbonyl (C=O) groups excluding carboxylic acids is 1. The fraction of sp³-hybridized carbons (Fsp3) is 0.778. The molecule has 10 heteroatoms. The number of anilines is 1. The van der Waals surface area contributed by atoms with Crippen LogP contribution in [0.2, 0.25) is 0 Å². The van der Waals surface area contributed by atoms with Crippen molar-refractivity contribution in [3.05, 3.63) is 12.4 Å². The molecule has 28 heavy (non-hydrogen) atoms. The van der Waals surface area contributed by atoms with Crippen LogP contribution in [0, 0.1) is 0 Å². The molecule has 1 aromatic rings. The third-order valence-corrected chi connectivity index (χ3v) is 5.38. The molecule has 0 spiro atoms. The van der Waals surface area contributed by atoms with Crippen molar-refractivity contribution >= 4 is 11.8 Å². The number of amides is 1. The molecule has 0 radical (unpaired) electrons. The SMILES string of the molecule is C[C@H](COC(F)(F)F)N(C)c1cnn(C23CC(NC(=O)OC(C)(C)C)(C2)C3)c1. The van der Waals surface area contributed by atoms with Gasteiger partial charge in [0.1, 0.15) is 5.60 Å². The minimum atomic E-state index is -4.64. The zero-order valence-corrected chi connectivity index (χ0v) is 16.8. The summed E-state index contributed by atoms with van der Waals surface area (Å²) in [6.45, 7) is 6.65. The van der Waals surface area contributed by atoms with E-state index in [1.54, 1.807) is 25.1 Å². The van der Waals surface area contributed by atoms with E-state index in [-0.39, 0.29) is 11.1 Å². The minimum Gasteiger partial charge on any atom is -0.444 e. The molecule has 0 aliphatic heterocycles. The van der Waals surface area contributed by atoms with Gasteiger partial charge in [-0.25, -0.2) is 4.79 Å². The maximum absolute atomic E-state index is 12.2. The van der Waals surface area contributed by atoms with E-state index in [9.17, 15) is 18.0 Å². The largest absolute Gasteiger partial charge is 0.522 e. The van der Waals surface area contributed by atoms with Crippen molar-refractivity contribution in [2.45, 2.75) is 76.0 Å². The van der Waals surface area contributed by atoms with E-state index in [1.165, 1.54) is 0 Å². The van der Waals surface area contributed by atoms with Crippen molar-refractivity contribution < 1.29 is 27.4 Å². The number of hydrogen-bond donors (Lipinski definition) is 1. The predicted octanol–water partition coefficient (Wildman–Crippen LogP) is 3.40. The van der Waals surface area contributed by atoms with Crippen molar-refractivity contribution in [2.24, 2.45) is 0 Å². The molecule has 158 valence electrons. The first-order valence-electron chi connectivity index (χ1n) is 9.23. The molecule has 4 rings (SSSR count). The lowest BCUT2D eigenvalue weighted by Gasteiger charge is -2.69. The van der Waals surface area contributed by atoms with Gasteiger partial charge in [0.15, 0.2) is 0 Å². The van der Waals surface area contributed by atoms with Crippen LogP contribution in [0.3, 0.4) is 0 Å². The van der Waals surface area contributed by atoms with E-state index >= 15 is 0 Å². The van der Waals surface area contributed by atoms with Crippen molar-refractivity contribution in [1.82, 2.24) is 15.1 Å². The van der Waals surface area contributed by atoms with Gasteiger partial charge in [-0.2, -0.15) is 5.10 Å². The highest BCUT2D eigenvalue weighted by atomic mass is 19.4. The second-order valence-electron chi connectivity index (χ2n) is 9.02. The molecular weight excluding hydrogens is 377 g/mol. The molecule has 1 atom stereocenters. The van der Waals surface area contributed by atoms with Crippen molar-refractivity contribution in [2.75, 3.05) is 18.6 Å². The summed E-state index contributed by atoms with van der Waals surface area (Å²) in [5.41, 5.74) is -0.204. The Balaban J connectivity index is 1.53. The summed E-state index contributed by atoms with van der Waals surface area (Å²) in [5.74, 6) is 0. The molecule has 0 aromatic carbocycles. The van der Waals surface area contributed by atoms with Crippen LogP contribution in [-0.2, 0) is 15.0 Å². The van der Waals surface area contributed by atoms with Crippen LogP contribution in [0.1, 0.15) is 47.0 Å². The Bertz CT molecular complexity index is 721. The predicted molar refractivity (Wildman–Crippen MR) is 96.0 cm³/mol. The molecule has 3 fully saturated rings. The zero-order valence-electron chi connectivity index (χ0n) is 16.8. The van der Waals surface area contributed by atoms with Gasteiger partial charge in [-0.05, 0) is 47.0 Å². The Hall–Kier alpha value is -1.97. The van der Waals surface area contributed by atoms with Crippen molar-refractivity contribution in [1.29, 1.82) is 0 Å². The van der Waals surface area contributed by atoms with Crippen LogP contribution in [-0.4, -0.2) is 53.1 Å². The summed E-state index contributed by atoms with van der Waals surface area (Å²) >= 11 is 0. The summed E-state index contributed by atoms with van der Waals surface area (Å²) in [4.78, 5) is 13.7. The number of carbonyl (C=O) groups is 1. The van der Waals surface area contributed by atoms with E-state index in [0.717, 1.165) is 24.9 Å². The second-order valence-corrected chi connectivity index (χ2v) is 9.02. The lowest BCUT2D eigenvalue weighted by molar-refractivity contribution is -0.325. The van der Waals surface area contributed by atoms with E-state index < -0.39 is 30.7 Å². The van der Waals surface area contributed by atoms with Gasteiger partial charge < -0.3 is 15.0 Å². The van der Waals surface area contributed by atoms with Crippen LogP contribution >= 0.6 is 0 Å². The monoisotopic (exact) mass is 404 g/mol. The van der Waals surface area contributed by atoms with Crippen LogP contribution in [0.5, 0.6) is 0 Å². The molecule has 3 aliphatic carbocycles. The van der Waals surface area contributed by atoms with Gasteiger partial charge >= 0.3 is 12.5 Å². The average Bonchev–Trinajstić information content (AvgIpc) is 2.93. The molecule has 0 unspecified atom stereocenters. The number of nitrogens with one attached hydrogen (secondary N) is 1. The topological polar surface area (TPSA) is 68.6 Å².